The molecule has 0 N–H and O–H groups in total. The standard InChI is InChI=1S/C12H10.CH6OSi/c1-3-7-11(8-4-1)12-9-5-2-6-10-12;1-2-3/h1-10H;1,3H3. The lowest BCUT2D eigenvalue weighted by Crippen LogP contribution is -1.73. The van der Waals surface area contributed by atoms with Gasteiger partial charge in [-0.25, -0.2) is 0 Å². The molecule has 0 atom stereocenters. The summed E-state index contributed by atoms with van der Waals surface area (Å²) in [4.78, 5) is 0. The van der Waals surface area contributed by atoms with Gasteiger partial charge in [-0.2, -0.15) is 0 Å². The molecule has 1 nitrogen and oxygen atoms in total. The molecule has 2 rings (SSSR count). The summed E-state index contributed by atoms with van der Waals surface area (Å²) in [6, 6.07) is 20.8. The van der Waals surface area contributed by atoms with Gasteiger partial charge in [0.25, 0.3) is 0 Å². The van der Waals surface area contributed by atoms with Crippen LogP contribution in [0.1, 0.15) is 0 Å². The van der Waals surface area contributed by atoms with Crippen LogP contribution in [0.5, 0.6) is 0 Å². The van der Waals surface area contributed by atoms with E-state index in [2.05, 4.69) is 53.0 Å². The van der Waals surface area contributed by atoms with E-state index < -0.39 is 0 Å². The minimum absolute atomic E-state index is 0.869. The van der Waals surface area contributed by atoms with Crippen LogP contribution in [0.4, 0.5) is 0 Å². The van der Waals surface area contributed by atoms with Crippen molar-refractivity contribution >= 4 is 10.5 Å². The van der Waals surface area contributed by atoms with Crippen molar-refractivity contribution in [2.45, 2.75) is 0 Å². The lowest BCUT2D eigenvalue weighted by atomic mass is 10.1. The van der Waals surface area contributed by atoms with Crippen molar-refractivity contribution in [3.63, 3.8) is 0 Å². The van der Waals surface area contributed by atoms with E-state index in [0.717, 1.165) is 10.5 Å². The van der Waals surface area contributed by atoms with E-state index in [-0.39, 0.29) is 0 Å². The van der Waals surface area contributed by atoms with Crippen LogP contribution in [0.2, 0.25) is 0 Å². The Balaban J connectivity index is 0.000000337. The average molecular weight is 216 g/mol. The van der Waals surface area contributed by atoms with Gasteiger partial charge in [0.1, 0.15) is 10.5 Å². The van der Waals surface area contributed by atoms with Gasteiger partial charge in [0.15, 0.2) is 0 Å². The third-order valence-electron chi connectivity index (χ3n) is 1.88. The fraction of sp³-hybridized carbons (Fsp3) is 0.0769. The summed E-state index contributed by atoms with van der Waals surface area (Å²) in [5.74, 6) is 0. The number of rotatable bonds is 1. The molecule has 0 saturated heterocycles. The Morgan fingerprint density at radius 3 is 1.27 bits per heavy atom. The van der Waals surface area contributed by atoms with Crippen LogP contribution in [-0.4, -0.2) is 17.6 Å². The molecule has 0 fully saturated rings. The van der Waals surface area contributed by atoms with E-state index in [0.29, 0.717) is 0 Å². The van der Waals surface area contributed by atoms with Crippen molar-refractivity contribution in [3.8, 4) is 11.1 Å². The monoisotopic (exact) mass is 216 g/mol. The van der Waals surface area contributed by atoms with Crippen LogP contribution in [0.25, 0.3) is 11.1 Å². The Kier molecular flexibility index (Phi) is 5.44. The molecule has 0 radical (unpaired) electrons. The molecule has 78 valence electrons. The topological polar surface area (TPSA) is 9.23 Å². The predicted molar refractivity (Wildman–Crippen MR) is 68.8 cm³/mol. The van der Waals surface area contributed by atoms with Crippen LogP contribution >= 0.6 is 0 Å². The molecule has 2 aromatic rings. The van der Waals surface area contributed by atoms with Gasteiger partial charge in [0.05, 0.1) is 0 Å². The second-order valence-corrected chi connectivity index (χ2v) is 3.96. The van der Waals surface area contributed by atoms with Gasteiger partial charge in [-0.15, -0.1) is 0 Å². The number of benzene rings is 2. The second-order valence-electron chi connectivity index (χ2n) is 3.14. The molecule has 0 bridgehead atoms. The highest BCUT2D eigenvalue weighted by molar-refractivity contribution is 5.97. The lowest BCUT2D eigenvalue weighted by molar-refractivity contribution is 0.460. The average Bonchev–Trinajstić information content (AvgIpc) is 2.32. The SMILES string of the molecule is CO[SiH3].c1ccc(-c2ccccc2)cc1. The van der Waals surface area contributed by atoms with E-state index in [9.17, 15) is 0 Å². The molecule has 0 amide bonds. The van der Waals surface area contributed by atoms with Crippen molar-refractivity contribution in [2.75, 3.05) is 7.11 Å². The molecule has 0 aromatic heterocycles. The van der Waals surface area contributed by atoms with Crippen molar-refractivity contribution in [3.05, 3.63) is 60.7 Å². The zero-order valence-electron chi connectivity index (χ0n) is 9.18. The Bertz CT molecular complexity index is 321. The number of hydrogen-bond acceptors (Lipinski definition) is 1. The van der Waals surface area contributed by atoms with Crippen LogP contribution < -0.4 is 0 Å². The molecule has 0 aliphatic carbocycles. The van der Waals surface area contributed by atoms with Crippen molar-refractivity contribution < 1.29 is 4.43 Å². The normalized spacial score (nSPS) is 9.13. The first-order valence-corrected chi connectivity index (χ1v) is 5.70. The summed E-state index contributed by atoms with van der Waals surface area (Å²) in [7, 11) is 2.56. The molecule has 2 aromatic carbocycles. The minimum atomic E-state index is 0.869. The lowest BCUT2D eigenvalue weighted by Gasteiger charge is -1.98. The Morgan fingerprint density at radius 1 is 0.733 bits per heavy atom. The predicted octanol–water partition coefficient (Wildman–Crippen LogP) is 2.27. The summed E-state index contributed by atoms with van der Waals surface area (Å²) < 4.78 is 4.39. The van der Waals surface area contributed by atoms with Gasteiger partial charge in [-0.05, 0) is 11.1 Å². The Labute approximate surface area is 94.3 Å². The third kappa shape index (κ3) is 4.10. The maximum atomic E-state index is 4.39. The Morgan fingerprint density at radius 2 is 1.00 bits per heavy atom. The molecule has 0 saturated carbocycles. The highest BCUT2D eigenvalue weighted by atomic mass is 28.2. The maximum Gasteiger partial charge on any atom is 0.145 e. The first-order chi connectivity index (χ1) is 7.38. The fourth-order valence-electron chi connectivity index (χ4n) is 1.26. The highest BCUT2D eigenvalue weighted by Gasteiger charge is 1.91. The first-order valence-electron chi connectivity index (χ1n) is 4.89. The molecule has 2 heteroatoms. The summed E-state index contributed by atoms with van der Waals surface area (Å²) in [5, 5.41) is 0. The van der Waals surface area contributed by atoms with Crippen LogP contribution in [0.3, 0.4) is 0 Å². The van der Waals surface area contributed by atoms with E-state index in [1.807, 2.05) is 12.1 Å². The van der Waals surface area contributed by atoms with Crippen LogP contribution in [0, 0.1) is 0 Å². The largest absolute Gasteiger partial charge is 0.431 e. The highest BCUT2D eigenvalue weighted by Crippen LogP contribution is 2.17. The quantitative estimate of drug-likeness (QED) is 0.664. The molecule has 0 heterocycles. The van der Waals surface area contributed by atoms with Gasteiger partial charge < -0.3 is 4.43 Å². The van der Waals surface area contributed by atoms with Crippen molar-refractivity contribution in [1.82, 2.24) is 0 Å². The molecule has 0 aliphatic heterocycles. The van der Waals surface area contributed by atoms with E-state index in [4.69, 9.17) is 0 Å². The van der Waals surface area contributed by atoms with E-state index >= 15 is 0 Å². The van der Waals surface area contributed by atoms with Gasteiger partial charge in [-0.3, -0.25) is 0 Å². The molecule has 15 heavy (non-hydrogen) atoms. The van der Waals surface area contributed by atoms with Gasteiger partial charge in [0.2, 0.25) is 0 Å². The van der Waals surface area contributed by atoms with E-state index in [1.165, 1.54) is 11.1 Å². The van der Waals surface area contributed by atoms with Gasteiger partial charge in [-0.1, -0.05) is 60.7 Å². The summed E-state index contributed by atoms with van der Waals surface area (Å²) >= 11 is 0. The molecular formula is C13H16OSi. The van der Waals surface area contributed by atoms with Crippen LogP contribution in [0.15, 0.2) is 60.7 Å². The smallest absolute Gasteiger partial charge is 0.145 e. The maximum absolute atomic E-state index is 4.39. The molecular weight excluding hydrogens is 200 g/mol. The fourth-order valence-corrected chi connectivity index (χ4v) is 1.26. The summed E-state index contributed by atoms with van der Waals surface area (Å²) in [5.41, 5.74) is 2.55. The zero-order valence-corrected chi connectivity index (χ0v) is 11.2. The molecule has 0 aliphatic rings. The van der Waals surface area contributed by atoms with Crippen LogP contribution in [-0.2, 0) is 4.43 Å². The third-order valence-corrected chi connectivity index (χ3v) is 1.88. The van der Waals surface area contributed by atoms with Gasteiger partial charge >= 0.3 is 0 Å². The molecule has 0 spiro atoms. The Hall–Kier alpha value is -1.38. The number of hydrogen-bond donors (Lipinski definition) is 0. The van der Waals surface area contributed by atoms with E-state index in [1.54, 1.807) is 7.11 Å². The van der Waals surface area contributed by atoms with Crippen molar-refractivity contribution in [2.24, 2.45) is 0 Å². The van der Waals surface area contributed by atoms with Gasteiger partial charge in [0, 0.05) is 7.11 Å². The molecule has 0 unspecified atom stereocenters. The summed E-state index contributed by atoms with van der Waals surface area (Å²) in [6.45, 7) is 0. The van der Waals surface area contributed by atoms with Crippen molar-refractivity contribution in [1.29, 1.82) is 0 Å². The minimum Gasteiger partial charge on any atom is -0.431 e. The zero-order chi connectivity index (χ0) is 10.9. The second kappa shape index (κ2) is 6.98. The summed E-state index contributed by atoms with van der Waals surface area (Å²) in [6.07, 6.45) is 0. The first kappa shape index (κ1) is 11.7.